The minimum Gasteiger partial charge on any atom is -0.494 e. The maximum atomic E-state index is 8.96. The molecular weight excluding hydrogens is 428 g/mol. The van der Waals surface area contributed by atoms with Gasteiger partial charge in [-0.3, -0.25) is 0 Å². The third kappa shape index (κ3) is 4.29. The number of benzene rings is 2. The number of ether oxygens (including phenoxy) is 1. The first-order chi connectivity index (χ1) is 15.6. The first-order valence-corrected chi connectivity index (χ1v) is 9.68. The van der Waals surface area contributed by atoms with E-state index < -0.39 is 0 Å². The Kier molecular flexibility index (Phi) is 5.84. The van der Waals surface area contributed by atoms with Crippen molar-refractivity contribution in [3.63, 3.8) is 0 Å². The van der Waals surface area contributed by atoms with E-state index in [0.29, 0.717) is 50.6 Å². The highest BCUT2D eigenvalue weighted by atomic mass is 35.5. The second-order valence-corrected chi connectivity index (χ2v) is 6.89. The van der Waals surface area contributed by atoms with Gasteiger partial charge in [-0.25, -0.2) is 4.98 Å². The summed E-state index contributed by atoms with van der Waals surface area (Å²) in [4.78, 5) is 16.2. The lowest BCUT2D eigenvalue weighted by Gasteiger charge is -2.15. The number of rotatable bonds is 6. The number of halogens is 1. The fraction of sp³-hybridized carbons (Fsp3) is 0.0455. The molecule has 2 aromatic carbocycles. The van der Waals surface area contributed by atoms with Gasteiger partial charge < -0.3 is 20.4 Å². The van der Waals surface area contributed by atoms with Crippen LogP contribution in [0.2, 0.25) is 5.02 Å². The molecule has 0 saturated carbocycles. The second-order valence-electron chi connectivity index (χ2n) is 6.48. The lowest BCUT2D eigenvalue weighted by molar-refractivity contribution is 0.416. The predicted octanol–water partition coefficient (Wildman–Crippen LogP) is 4.91. The van der Waals surface area contributed by atoms with Crippen LogP contribution in [0.25, 0.3) is 17.2 Å². The normalized spacial score (nSPS) is 10.6. The number of nitriles is 2. The Labute approximate surface area is 188 Å². The maximum Gasteiger partial charge on any atom is 0.231 e. The monoisotopic (exact) mass is 442 g/mol. The largest absolute Gasteiger partial charge is 0.494 e. The van der Waals surface area contributed by atoms with E-state index in [-0.39, 0.29) is 0 Å². The van der Waals surface area contributed by atoms with Crippen molar-refractivity contribution in [2.75, 3.05) is 17.7 Å². The van der Waals surface area contributed by atoms with E-state index in [0.717, 1.165) is 5.56 Å². The minimum absolute atomic E-state index is 0.306. The van der Waals surface area contributed by atoms with E-state index in [1.165, 1.54) is 19.5 Å². The molecular formula is C22H15ClN8O. The number of H-pyrrole nitrogens is 1. The summed E-state index contributed by atoms with van der Waals surface area (Å²) < 4.78 is 5.49. The van der Waals surface area contributed by atoms with Crippen LogP contribution in [0, 0.1) is 22.7 Å². The first kappa shape index (κ1) is 20.7. The lowest BCUT2D eigenvalue weighted by atomic mass is 10.1. The lowest BCUT2D eigenvalue weighted by Crippen LogP contribution is -2.04. The van der Waals surface area contributed by atoms with Crippen molar-refractivity contribution < 1.29 is 4.74 Å². The number of aromatic nitrogens is 4. The van der Waals surface area contributed by atoms with Crippen LogP contribution in [-0.4, -0.2) is 27.0 Å². The number of hydrogen-bond acceptors (Lipinski definition) is 8. The molecule has 4 aromatic rings. The van der Waals surface area contributed by atoms with Gasteiger partial charge in [0.1, 0.15) is 17.0 Å². The molecule has 32 heavy (non-hydrogen) atoms. The Morgan fingerprint density at radius 3 is 2.66 bits per heavy atom. The molecule has 0 spiro atoms. The Morgan fingerprint density at radius 2 is 1.94 bits per heavy atom. The Bertz CT molecular complexity index is 1400. The van der Waals surface area contributed by atoms with Gasteiger partial charge in [0.15, 0.2) is 11.5 Å². The summed E-state index contributed by atoms with van der Waals surface area (Å²) in [7, 11) is 1.53. The third-order valence-corrected chi connectivity index (χ3v) is 4.74. The first-order valence-electron chi connectivity index (χ1n) is 9.30. The van der Waals surface area contributed by atoms with E-state index >= 15 is 0 Å². The van der Waals surface area contributed by atoms with Gasteiger partial charge in [-0.1, -0.05) is 11.6 Å². The Hall–Kier alpha value is -4.60. The second kappa shape index (κ2) is 9.04. The van der Waals surface area contributed by atoms with Crippen LogP contribution in [0.4, 0.5) is 23.1 Å². The van der Waals surface area contributed by atoms with Crippen LogP contribution in [0.15, 0.2) is 48.8 Å². The van der Waals surface area contributed by atoms with Crippen molar-refractivity contribution >= 4 is 52.0 Å². The zero-order valence-corrected chi connectivity index (χ0v) is 17.5. The van der Waals surface area contributed by atoms with Crippen LogP contribution >= 0.6 is 11.6 Å². The molecule has 0 radical (unpaired) electrons. The molecule has 3 N–H and O–H groups in total. The van der Waals surface area contributed by atoms with E-state index in [9.17, 15) is 0 Å². The van der Waals surface area contributed by atoms with Crippen LogP contribution in [0.3, 0.4) is 0 Å². The summed E-state index contributed by atoms with van der Waals surface area (Å²) in [6, 6.07) is 14.4. The fourth-order valence-electron chi connectivity index (χ4n) is 2.97. The summed E-state index contributed by atoms with van der Waals surface area (Å²) in [5.41, 5.74) is 3.52. The summed E-state index contributed by atoms with van der Waals surface area (Å²) in [5.74, 6) is 1.22. The molecule has 156 valence electrons. The zero-order valence-electron chi connectivity index (χ0n) is 16.7. The Morgan fingerprint density at radius 1 is 1.12 bits per heavy atom. The van der Waals surface area contributed by atoms with Crippen molar-refractivity contribution in [1.82, 2.24) is 19.9 Å². The minimum atomic E-state index is 0.306. The van der Waals surface area contributed by atoms with Crippen molar-refractivity contribution in [2.24, 2.45) is 0 Å². The highest BCUT2D eigenvalue weighted by Crippen LogP contribution is 2.37. The van der Waals surface area contributed by atoms with Crippen LogP contribution in [-0.2, 0) is 0 Å². The van der Waals surface area contributed by atoms with E-state index in [1.54, 1.807) is 42.5 Å². The van der Waals surface area contributed by atoms with Gasteiger partial charge in [-0.2, -0.15) is 20.5 Å². The van der Waals surface area contributed by atoms with Crippen molar-refractivity contribution in [1.29, 1.82) is 10.5 Å². The highest BCUT2D eigenvalue weighted by Gasteiger charge is 2.16. The number of nitrogens with one attached hydrogen (secondary N) is 3. The molecule has 2 heterocycles. The summed E-state index contributed by atoms with van der Waals surface area (Å²) in [6.07, 6.45) is 4.51. The fourth-order valence-corrected chi connectivity index (χ4v) is 3.23. The van der Waals surface area contributed by atoms with Gasteiger partial charge in [0, 0.05) is 11.8 Å². The molecule has 4 rings (SSSR count). The van der Waals surface area contributed by atoms with E-state index in [1.807, 2.05) is 6.07 Å². The summed E-state index contributed by atoms with van der Waals surface area (Å²) in [5, 5.41) is 24.4. The van der Waals surface area contributed by atoms with Crippen molar-refractivity contribution in [3.8, 4) is 17.9 Å². The molecule has 10 heteroatoms. The van der Waals surface area contributed by atoms with Gasteiger partial charge in [0.2, 0.25) is 5.95 Å². The number of anilines is 4. The van der Waals surface area contributed by atoms with Gasteiger partial charge >= 0.3 is 0 Å². The van der Waals surface area contributed by atoms with Crippen molar-refractivity contribution in [3.05, 3.63) is 65.0 Å². The molecule has 0 bridgehead atoms. The topological polar surface area (TPSA) is 135 Å². The number of hydrogen-bond donors (Lipinski definition) is 3. The number of methoxy groups -OCH3 is 1. The van der Waals surface area contributed by atoms with E-state index in [4.69, 9.17) is 26.9 Å². The zero-order chi connectivity index (χ0) is 22.5. The third-order valence-electron chi connectivity index (χ3n) is 4.45. The molecule has 0 aliphatic rings. The molecule has 0 unspecified atom stereocenters. The number of nitrogens with zero attached hydrogens (tertiary/aromatic N) is 5. The van der Waals surface area contributed by atoms with Gasteiger partial charge in [0.25, 0.3) is 0 Å². The van der Waals surface area contributed by atoms with Crippen molar-refractivity contribution in [2.45, 2.75) is 0 Å². The van der Waals surface area contributed by atoms with E-state index in [2.05, 4.69) is 36.6 Å². The van der Waals surface area contributed by atoms with Crippen LogP contribution < -0.4 is 15.4 Å². The SMILES string of the molecule is COc1cc(/C=C/C#N)cc(Cl)c1Nc1nc(Nc2ccc(C#N)cc2)nc2nc[nH]c12. The molecule has 0 aliphatic carbocycles. The summed E-state index contributed by atoms with van der Waals surface area (Å²) in [6.45, 7) is 0. The molecule has 0 atom stereocenters. The Balaban J connectivity index is 1.71. The standard InChI is InChI=1S/C22H15ClN8O/c1-32-17-10-14(3-2-8-24)9-16(23)18(17)29-21-19-20(27-12-26-19)30-22(31-21)28-15-6-4-13(11-25)5-7-15/h2-7,9-10,12H,1H3,(H3,26,27,28,29,30,31)/b3-2+. The average molecular weight is 443 g/mol. The maximum absolute atomic E-state index is 8.96. The smallest absolute Gasteiger partial charge is 0.231 e. The van der Waals surface area contributed by atoms with Gasteiger partial charge in [0.05, 0.1) is 36.2 Å². The quantitative estimate of drug-likeness (QED) is 0.358. The van der Waals surface area contributed by atoms with Crippen LogP contribution in [0.5, 0.6) is 5.75 Å². The summed E-state index contributed by atoms with van der Waals surface area (Å²) >= 11 is 6.49. The number of aromatic amines is 1. The highest BCUT2D eigenvalue weighted by molar-refractivity contribution is 6.34. The molecule has 0 fully saturated rings. The molecule has 0 saturated heterocycles. The molecule has 0 amide bonds. The number of imidazole rings is 1. The molecule has 2 aromatic heterocycles. The number of fused-ring (bicyclic) bond motifs is 1. The van der Waals surface area contributed by atoms with Gasteiger partial charge in [-0.15, -0.1) is 0 Å². The predicted molar refractivity (Wildman–Crippen MR) is 122 cm³/mol. The van der Waals surface area contributed by atoms with Crippen LogP contribution in [0.1, 0.15) is 11.1 Å². The molecule has 0 aliphatic heterocycles. The van der Waals surface area contributed by atoms with Gasteiger partial charge in [-0.05, 0) is 48.0 Å². The number of allylic oxidation sites excluding steroid dienone is 1. The molecule has 9 nitrogen and oxygen atoms in total. The average Bonchev–Trinajstić information content (AvgIpc) is 3.28.